The molecule has 51 heavy (non-hydrogen) atoms. The van der Waals surface area contributed by atoms with Crippen molar-refractivity contribution in [1.82, 2.24) is 0 Å². The molecule has 6 aliphatic carbocycles. The van der Waals surface area contributed by atoms with E-state index in [0.29, 0.717) is 39.4 Å². The molecule has 1 aromatic rings. The van der Waals surface area contributed by atoms with Crippen molar-refractivity contribution in [3.63, 3.8) is 0 Å². The molecule has 0 aromatic heterocycles. The number of fused-ring (bicyclic) bond motifs is 6. The SMILES string of the molecule is CC1=CCC[C@H]2[C@](C)(Cc3cc(O)c(S[C@H]4CC[C@@]5(C)C(=CC[C@H]6[C@@H]7CC[C@H]([C@H](C)CCCC(C)C)[C@@]7(C)CC[C@@H]65)C4)cc3O)[C@@H](C)CC[C@]12C. The number of aromatic hydroxyl groups is 2. The zero-order chi connectivity index (χ0) is 36.5. The van der Waals surface area contributed by atoms with E-state index in [9.17, 15) is 10.2 Å². The maximum Gasteiger partial charge on any atom is 0.129 e. The van der Waals surface area contributed by atoms with E-state index in [1.807, 2.05) is 23.9 Å². The zero-order valence-corrected chi connectivity index (χ0v) is 34.9. The molecule has 0 heterocycles. The van der Waals surface area contributed by atoms with E-state index in [1.165, 1.54) is 83.5 Å². The number of thioether (sulfide) groups is 1. The lowest BCUT2D eigenvalue weighted by Crippen LogP contribution is -2.50. The second-order valence-electron chi connectivity index (χ2n) is 20.8. The first kappa shape index (κ1) is 37.9. The summed E-state index contributed by atoms with van der Waals surface area (Å²) in [5.41, 5.74) is 5.44. The highest BCUT2D eigenvalue weighted by atomic mass is 32.2. The van der Waals surface area contributed by atoms with Gasteiger partial charge in [0.05, 0.1) is 4.90 Å². The van der Waals surface area contributed by atoms with Crippen LogP contribution in [0.5, 0.6) is 11.5 Å². The number of phenols is 2. The Hall–Kier alpha value is -1.35. The molecule has 1 aromatic carbocycles. The average molecular weight is 715 g/mol. The summed E-state index contributed by atoms with van der Waals surface area (Å²) in [7, 11) is 0. The van der Waals surface area contributed by atoms with E-state index in [2.05, 4.69) is 74.5 Å². The van der Waals surface area contributed by atoms with Crippen molar-refractivity contribution >= 4 is 11.8 Å². The zero-order valence-electron chi connectivity index (χ0n) is 34.1. The van der Waals surface area contributed by atoms with Crippen LogP contribution in [-0.4, -0.2) is 15.5 Å². The number of rotatable bonds is 9. The highest BCUT2D eigenvalue weighted by Gasteiger charge is 2.59. The van der Waals surface area contributed by atoms with E-state index in [-0.39, 0.29) is 10.8 Å². The second-order valence-corrected chi connectivity index (χ2v) is 22.1. The van der Waals surface area contributed by atoms with E-state index in [4.69, 9.17) is 0 Å². The Morgan fingerprint density at radius 1 is 0.824 bits per heavy atom. The number of allylic oxidation sites excluding steroid dienone is 4. The van der Waals surface area contributed by atoms with Gasteiger partial charge < -0.3 is 10.2 Å². The summed E-state index contributed by atoms with van der Waals surface area (Å²) in [6, 6.07) is 3.85. The summed E-state index contributed by atoms with van der Waals surface area (Å²) in [6.45, 7) is 22.5. The van der Waals surface area contributed by atoms with E-state index in [1.54, 1.807) is 11.1 Å². The van der Waals surface area contributed by atoms with Crippen LogP contribution in [-0.2, 0) is 6.42 Å². The van der Waals surface area contributed by atoms with Crippen molar-refractivity contribution in [2.45, 2.75) is 175 Å². The summed E-state index contributed by atoms with van der Waals surface area (Å²) in [5.74, 6) is 7.16. The minimum Gasteiger partial charge on any atom is -0.508 e. The lowest BCUT2D eigenvalue weighted by Gasteiger charge is -2.58. The smallest absolute Gasteiger partial charge is 0.129 e. The van der Waals surface area contributed by atoms with Crippen LogP contribution in [0, 0.1) is 69.0 Å². The molecule has 2 nitrogen and oxygen atoms in total. The van der Waals surface area contributed by atoms with Crippen molar-refractivity contribution in [2.24, 2.45) is 69.0 Å². The van der Waals surface area contributed by atoms with Gasteiger partial charge in [0, 0.05) is 5.25 Å². The first-order chi connectivity index (χ1) is 24.1. The summed E-state index contributed by atoms with van der Waals surface area (Å²) in [4.78, 5) is 0.871. The van der Waals surface area contributed by atoms with Gasteiger partial charge in [0.1, 0.15) is 11.5 Å². The maximum absolute atomic E-state index is 11.5. The van der Waals surface area contributed by atoms with Crippen LogP contribution in [0.4, 0.5) is 0 Å². The molecule has 4 fully saturated rings. The molecule has 0 aliphatic heterocycles. The molecular weight excluding hydrogens is 641 g/mol. The van der Waals surface area contributed by atoms with Gasteiger partial charge in [-0.25, -0.2) is 0 Å². The maximum atomic E-state index is 11.5. The highest BCUT2D eigenvalue weighted by Crippen LogP contribution is 2.68. The van der Waals surface area contributed by atoms with Gasteiger partial charge >= 0.3 is 0 Å². The largest absolute Gasteiger partial charge is 0.508 e. The summed E-state index contributed by atoms with van der Waals surface area (Å²) < 4.78 is 0. The van der Waals surface area contributed by atoms with Crippen molar-refractivity contribution in [1.29, 1.82) is 0 Å². The fourth-order valence-electron chi connectivity index (χ4n) is 14.4. The van der Waals surface area contributed by atoms with Crippen molar-refractivity contribution in [2.75, 3.05) is 0 Å². The van der Waals surface area contributed by atoms with Gasteiger partial charge in [-0.2, -0.15) is 0 Å². The minimum absolute atomic E-state index is 0.0991. The quantitative estimate of drug-likeness (QED) is 0.198. The van der Waals surface area contributed by atoms with Crippen LogP contribution in [0.2, 0.25) is 0 Å². The molecule has 2 N–H and O–H groups in total. The van der Waals surface area contributed by atoms with E-state index < -0.39 is 0 Å². The van der Waals surface area contributed by atoms with E-state index in [0.717, 1.165) is 65.2 Å². The summed E-state index contributed by atoms with van der Waals surface area (Å²) in [5, 5.41) is 23.4. The van der Waals surface area contributed by atoms with Gasteiger partial charge in [0.15, 0.2) is 0 Å². The van der Waals surface area contributed by atoms with Crippen LogP contribution in [0.1, 0.15) is 164 Å². The van der Waals surface area contributed by atoms with Gasteiger partial charge in [-0.3, -0.25) is 0 Å². The monoisotopic (exact) mass is 715 g/mol. The fraction of sp³-hybridized carbons (Fsp3) is 0.792. The van der Waals surface area contributed by atoms with Crippen LogP contribution in [0.15, 0.2) is 40.3 Å². The Bertz CT molecular complexity index is 1510. The number of hydrogen-bond acceptors (Lipinski definition) is 3. The molecule has 0 spiro atoms. The van der Waals surface area contributed by atoms with Crippen molar-refractivity contribution in [3.05, 3.63) is 41.0 Å². The third-order valence-electron chi connectivity index (χ3n) is 17.9. The lowest BCUT2D eigenvalue weighted by molar-refractivity contribution is -0.0497. The third-order valence-corrected chi connectivity index (χ3v) is 19.2. The normalized spacial score (nSPS) is 42.7. The number of benzene rings is 1. The lowest BCUT2D eigenvalue weighted by atomic mass is 9.47. The molecule has 0 saturated heterocycles. The van der Waals surface area contributed by atoms with Crippen LogP contribution in [0.3, 0.4) is 0 Å². The molecule has 12 atom stereocenters. The average Bonchev–Trinajstić information content (AvgIpc) is 3.44. The molecular formula is C48H74O2S. The predicted molar refractivity (Wildman–Crippen MR) is 217 cm³/mol. The Morgan fingerprint density at radius 2 is 1.59 bits per heavy atom. The van der Waals surface area contributed by atoms with Gasteiger partial charge in [-0.15, -0.1) is 11.8 Å². The molecule has 6 aliphatic rings. The molecule has 4 saturated carbocycles. The first-order valence-corrected chi connectivity index (χ1v) is 22.6. The standard InChI is InChI=1S/C48H74O2S/c1-30(2)12-10-13-31(3)38-18-19-39-37-17-16-35-27-36(21-24-46(35,7)40(37)22-25-47(38,39)8)51-43-28-41(49)34(26-42(43)50)29-48(9)33(5)20-23-45(6)32(4)14-11-15-44(45)48/h14,16,26,28,30-31,33,36-40,44,49-50H,10-13,15,17-25,27,29H2,1-9H3/t31-,33+,36+,37+,38-,39+,40+,44-,45-,46+,47-,48-/m1/s1. The number of hydrogen-bond donors (Lipinski definition) is 2. The van der Waals surface area contributed by atoms with Crippen molar-refractivity contribution in [3.8, 4) is 11.5 Å². The van der Waals surface area contributed by atoms with Crippen molar-refractivity contribution < 1.29 is 10.2 Å². The Labute approximate surface area is 317 Å². The molecule has 7 rings (SSSR count). The second kappa shape index (κ2) is 14.1. The fourth-order valence-corrected chi connectivity index (χ4v) is 15.6. The van der Waals surface area contributed by atoms with Gasteiger partial charge in [-0.1, -0.05) is 98.0 Å². The third kappa shape index (κ3) is 6.50. The highest BCUT2D eigenvalue weighted by molar-refractivity contribution is 8.00. The number of phenolic OH excluding ortho intramolecular Hbond substituents is 2. The van der Waals surface area contributed by atoms with Crippen LogP contribution < -0.4 is 0 Å². The molecule has 0 radical (unpaired) electrons. The summed E-state index contributed by atoms with van der Waals surface area (Å²) in [6.07, 6.45) is 25.8. The molecule has 0 unspecified atom stereocenters. The van der Waals surface area contributed by atoms with Gasteiger partial charge in [-0.05, 0) is 177 Å². The first-order valence-electron chi connectivity index (χ1n) is 21.7. The predicted octanol–water partition coefficient (Wildman–Crippen LogP) is 13.9. The minimum atomic E-state index is 0.0991. The van der Waals surface area contributed by atoms with Crippen LogP contribution in [0.25, 0.3) is 0 Å². The van der Waals surface area contributed by atoms with Gasteiger partial charge in [0.25, 0.3) is 0 Å². The Balaban J connectivity index is 1.02. The topological polar surface area (TPSA) is 40.5 Å². The molecule has 284 valence electrons. The van der Waals surface area contributed by atoms with Gasteiger partial charge in [0.2, 0.25) is 0 Å². The molecule has 0 bridgehead atoms. The van der Waals surface area contributed by atoms with Crippen LogP contribution >= 0.6 is 11.8 Å². The summed E-state index contributed by atoms with van der Waals surface area (Å²) >= 11 is 1.83. The Kier molecular flexibility index (Phi) is 10.5. The molecule has 0 amide bonds. The molecule has 3 heteroatoms. The van der Waals surface area contributed by atoms with E-state index >= 15 is 0 Å². The Morgan fingerprint density at radius 3 is 2.35 bits per heavy atom.